The van der Waals surface area contributed by atoms with Gasteiger partial charge in [-0.15, -0.1) is 0 Å². The predicted octanol–water partition coefficient (Wildman–Crippen LogP) is 1.19. The van der Waals surface area contributed by atoms with Crippen molar-refractivity contribution in [2.75, 3.05) is 6.61 Å². The summed E-state index contributed by atoms with van der Waals surface area (Å²) in [6.45, 7) is 0.0437. The highest BCUT2D eigenvalue weighted by Crippen LogP contribution is 2.16. The Balaban J connectivity index is 1.88. The van der Waals surface area contributed by atoms with Gasteiger partial charge >= 0.3 is 5.69 Å². The van der Waals surface area contributed by atoms with E-state index in [0.717, 1.165) is 4.57 Å². The summed E-state index contributed by atoms with van der Waals surface area (Å²) in [5.41, 5.74) is -0.405. The van der Waals surface area contributed by atoms with Crippen molar-refractivity contribution in [1.29, 1.82) is 0 Å². The monoisotopic (exact) mass is 396 g/mol. The Morgan fingerprint density at radius 2 is 1.88 bits per heavy atom. The van der Waals surface area contributed by atoms with Crippen LogP contribution in [0.5, 0.6) is 5.75 Å². The van der Waals surface area contributed by atoms with Gasteiger partial charge in [-0.2, -0.15) is 0 Å². The van der Waals surface area contributed by atoms with Crippen molar-refractivity contribution in [3.8, 4) is 5.75 Å². The van der Waals surface area contributed by atoms with Crippen molar-refractivity contribution in [3.05, 3.63) is 54.9 Å². The number of aryl methyl sites for hydroxylation is 1. The van der Waals surface area contributed by atoms with Gasteiger partial charge in [0.2, 0.25) is 0 Å². The molecule has 0 bridgehead atoms. The molecule has 0 saturated heterocycles. The number of aromatic amines is 1. The zero-order chi connectivity index (χ0) is 19.0. The maximum atomic E-state index is 12.5. The van der Waals surface area contributed by atoms with E-state index in [4.69, 9.17) is 28.6 Å². The molecule has 0 fully saturated rings. The lowest BCUT2D eigenvalue weighted by Crippen LogP contribution is -2.38. The van der Waals surface area contributed by atoms with Crippen molar-refractivity contribution >= 4 is 35.0 Å². The van der Waals surface area contributed by atoms with Gasteiger partial charge in [0.05, 0.1) is 6.54 Å². The highest BCUT2D eigenvalue weighted by Gasteiger charge is 2.17. The molecule has 1 aromatic carbocycles. The van der Waals surface area contributed by atoms with Crippen LogP contribution in [0.2, 0.25) is 5.02 Å². The van der Waals surface area contributed by atoms with Gasteiger partial charge in [0, 0.05) is 19.1 Å². The standard InChI is InChI=1S/C16H17ClN4O4S/c1-19-13-12(14(23)20(2)16(19)24)21(15(26)18-13)7-10(22)8-25-11-5-3-9(17)4-6-11/h3-6,10,22H,7-8H2,1-2H3,(H,18,26)/t10-/m0/s1. The zero-order valence-electron chi connectivity index (χ0n) is 14.1. The van der Waals surface area contributed by atoms with Crippen LogP contribution in [-0.4, -0.2) is 36.5 Å². The first-order valence-electron chi connectivity index (χ1n) is 7.74. The first-order chi connectivity index (χ1) is 12.3. The second kappa shape index (κ2) is 7.10. The van der Waals surface area contributed by atoms with E-state index in [2.05, 4.69) is 4.98 Å². The van der Waals surface area contributed by atoms with Gasteiger partial charge in [-0.05, 0) is 36.5 Å². The first kappa shape index (κ1) is 18.4. The minimum absolute atomic E-state index is 0.00214. The summed E-state index contributed by atoms with van der Waals surface area (Å²) in [6, 6.07) is 6.75. The van der Waals surface area contributed by atoms with E-state index in [-0.39, 0.29) is 23.4 Å². The number of aliphatic hydroxyl groups is 1. The molecule has 0 saturated carbocycles. The molecule has 3 rings (SSSR count). The molecule has 0 aliphatic carbocycles. The predicted molar refractivity (Wildman–Crippen MR) is 101 cm³/mol. The third kappa shape index (κ3) is 3.33. The summed E-state index contributed by atoms with van der Waals surface area (Å²) >= 11 is 11.1. The maximum absolute atomic E-state index is 12.5. The smallest absolute Gasteiger partial charge is 0.332 e. The molecule has 0 unspecified atom stereocenters. The molecule has 138 valence electrons. The van der Waals surface area contributed by atoms with Gasteiger partial charge in [0.1, 0.15) is 24.1 Å². The third-order valence-electron chi connectivity index (χ3n) is 4.03. The second-order valence-electron chi connectivity index (χ2n) is 5.86. The van der Waals surface area contributed by atoms with Crippen LogP contribution < -0.4 is 16.0 Å². The number of rotatable bonds is 5. The van der Waals surface area contributed by atoms with Crippen LogP contribution in [0.4, 0.5) is 0 Å². The topological polar surface area (TPSA) is 94.2 Å². The van der Waals surface area contributed by atoms with E-state index in [1.165, 1.54) is 16.2 Å². The number of H-pyrrole nitrogens is 1. The number of ether oxygens (including phenoxy) is 1. The van der Waals surface area contributed by atoms with Gasteiger partial charge in [0.15, 0.2) is 10.3 Å². The lowest BCUT2D eigenvalue weighted by molar-refractivity contribution is 0.0930. The number of hydrogen-bond donors (Lipinski definition) is 2. The fourth-order valence-electron chi connectivity index (χ4n) is 2.64. The SMILES string of the molecule is Cn1c(=O)c2c([nH]c(=S)n2C[C@H](O)COc2ccc(Cl)cc2)n(C)c1=O. The van der Waals surface area contributed by atoms with Crippen molar-refractivity contribution in [2.24, 2.45) is 14.1 Å². The molecule has 0 aliphatic rings. The molecule has 10 heteroatoms. The Hall–Kier alpha value is -2.36. The molecule has 0 spiro atoms. The lowest BCUT2D eigenvalue weighted by atomic mass is 10.3. The zero-order valence-corrected chi connectivity index (χ0v) is 15.7. The van der Waals surface area contributed by atoms with Crippen LogP contribution in [0.1, 0.15) is 0 Å². The van der Waals surface area contributed by atoms with Gasteiger partial charge in [-0.25, -0.2) is 4.79 Å². The van der Waals surface area contributed by atoms with E-state index in [9.17, 15) is 14.7 Å². The fourth-order valence-corrected chi connectivity index (χ4v) is 3.03. The molecule has 26 heavy (non-hydrogen) atoms. The Bertz CT molecular complexity index is 1130. The molecule has 2 heterocycles. The number of aliphatic hydroxyl groups excluding tert-OH is 1. The largest absolute Gasteiger partial charge is 0.491 e. The number of aromatic nitrogens is 4. The van der Waals surface area contributed by atoms with Crippen molar-refractivity contribution in [3.63, 3.8) is 0 Å². The summed E-state index contributed by atoms with van der Waals surface area (Å²) in [5.74, 6) is 0.564. The number of imidazole rings is 1. The Labute approximate surface area is 157 Å². The molecular weight excluding hydrogens is 380 g/mol. The third-order valence-corrected chi connectivity index (χ3v) is 4.60. The molecule has 8 nitrogen and oxygen atoms in total. The summed E-state index contributed by atoms with van der Waals surface area (Å²) < 4.78 is 9.53. The van der Waals surface area contributed by atoms with Crippen LogP contribution in [0, 0.1) is 4.77 Å². The number of nitrogens with one attached hydrogen (secondary N) is 1. The minimum Gasteiger partial charge on any atom is -0.491 e. The van der Waals surface area contributed by atoms with Gasteiger partial charge in [0.25, 0.3) is 5.56 Å². The van der Waals surface area contributed by atoms with Crippen molar-refractivity contribution in [2.45, 2.75) is 12.6 Å². The molecule has 2 N–H and O–H groups in total. The van der Waals surface area contributed by atoms with Crippen LogP contribution in [0.25, 0.3) is 11.2 Å². The van der Waals surface area contributed by atoms with E-state index in [0.29, 0.717) is 16.4 Å². The number of benzene rings is 1. The molecule has 3 aromatic rings. The molecule has 0 aliphatic heterocycles. The van der Waals surface area contributed by atoms with E-state index >= 15 is 0 Å². The Kier molecular flexibility index (Phi) is 5.03. The van der Waals surface area contributed by atoms with Crippen molar-refractivity contribution in [1.82, 2.24) is 18.7 Å². The van der Waals surface area contributed by atoms with E-state index in [1.54, 1.807) is 31.3 Å². The average Bonchev–Trinajstić information content (AvgIpc) is 2.94. The van der Waals surface area contributed by atoms with Crippen LogP contribution in [-0.2, 0) is 20.6 Å². The van der Waals surface area contributed by atoms with Crippen LogP contribution in [0.3, 0.4) is 0 Å². The first-order valence-corrected chi connectivity index (χ1v) is 8.53. The summed E-state index contributed by atoms with van der Waals surface area (Å²) in [5, 5.41) is 10.9. The highest BCUT2D eigenvalue weighted by atomic mass is 35.5. The quantitative estimate of drug-likeness (QED) is 0.632. The van der Waals surface area contributed by atoms with Gasteiger partial charge in [-0.1, -0.05) is 11.6 Å². The Morgan fingerprint density at radius 1 is 1.23 bits per heavy atom. The summed E-state index contributed by atoms with van der Waals surface area (Å²) in [7, 11) is 2.93. The fraction of sp³-hybridized carbons (Fsp3) is 0.312. The second-order valence-corrected chi connectivity index (χ2v) is 6.69. The summed E-state index contributed by atoms with van der Waals surface area (Å²) in [6.07, 6.45) is -0.918. The number of nitrogens with zero attached hydrogens (tertiary/aromatic N) is 3. The average molecular weight is 397 g/mol. The number of fused-ring (bicyclic) bond motifs is 1. The number of halogens is 1. The Morgan fingerprint density at radius 3 is 2.54 bits per heavy atom. The van der Waals surface area contributed by atoms with E-state index in [1.807, 2.05) is 0 Å². The molecule has 1 atom stereocenters. The maximum Gasteiger partial charge on any atom is 0.332 e. The minimum atomic E-state index is -0.918. The lowest BCUT2D eigenvalue weighted by Gasteiger charge is -2.14. The van der Waals surface area contributed by atoms with Gasteiger partial charge in [-0.3, -0.25) is 13.9 Å². The highest BCUT2D eigenvalue weighted by molar-refractivity contribution is 7.71. The van der Waals surface area contributed by atoms with Gasteiger partial charge < -0.3 is 19.4 Å². The molecule has 2 aromatic heterocycles. The van der Waals surface area contributed by atoms with Crippen LogP contribution in [0.15, 0.2) is 33.9 Å². The summed E-state index contributed by atoms with van der Waals surface area (Å²) in [4.78, 5) is 27.3. The normalized spacial score (nSPS) is 12.5. The molecule has 0 amide bonds. The van der Waals surface area contributed by atoms with Crippen molar-refractivity contribution < 1.29 is 9.84 Å². The van der Waals surface area contributed by atoms with Crippen LogP contribution >= 0.6 is 23.8 Å². The molecular formula is C16H17ClN4O4S. The number of hydrogen-bond acceptors (Lipinski definition) is 5. The van der Waals surface area contributed by atoms with E-state index < -0.39 is 17.4 Å². The molecule has 0 radical (unpaired) electrons.